The number of halogens is 4. The fourth-order valence-corrected chi connectivity index (χ4v) is 1.72. The van der Waals surface area contributed by atoms with Gasteiger partial charge in [-0.1, -0.05) is 6.08 Å². The van der Waals surface area contributed by atoms with Crippen LogP contribution >= 0.6 is 11.9 Å². The van der Waals surface area contributed by atoms with Crippen LogP contribution in [-0.2, 0) is 0 Å². The molecular formula is C10H10F4N2S. The molecule has 0 radical (unpaired) electrons. The van der Waals surface area contributed by atoms with Gasteiger partial charge < -0.3 is 5.73 Å². The molecule has 0 aliphatic rings. The molecule has 0 atom stereocenters. The second-order valence-electron chi connectivity index (χ2n) is 3.07. The maximum atomic E-state index is 13.3. The van der Waals surface area contributed by atoms with Crippen LogP contribution in [0.2, 0.25) is 0 Å². The van der Waals surface area contributed by atoms with E-state index >= 15 is 0 Å². The van der Waals surface area contributed by atoms with Crippen molar-refractivity contribution in [2.24, 2.45) is 0 Å². The van der Waals surface area contributed by atoms with E-state index < -0.39 is 33.9 Å². The summed E-state index contributed by atoms with van der Waals surface area (Å²) in [5.41, 5.74) is 3.70. The minimum atomic E-state index is -1.59. The third kappa shape index (κ3) is 2.92. The molecule has 0 amide bonds. The molecular weight excluding hydrogens is 256 g/mol. The minimum Gasteiger partial charge on any atom is -0.394 e. The largest absolute Gasteiger partial charge is 0.394 e. The highest BCUT2D eigenvalue weighted by molar-refractivity contribution is 7.97. The molecule has 1 aromatic rings. The number of hydrogen-bond donors (Lipinski definition) is 2. The van der Waals surface area contributed by atoms with Gasteiger partial charge in [-0.2, -0.15) is 0 Å². The molecule has 0 heterocycles. The predicted molar refractivity (Wildman–Crippen MR) is 59.4 cm³/mol. The maximum absolute atomic E-state index is 13.3. The third-order valence-corrected chi connectivity index (χ3v) is 2.79. The van der Waals surface area contributed by atoms with Gasteiger partial charge in [0.05, 0.1) is 0 Å². The Balaban J connectivity index is 2.95. The second kappa shape index (κ2) is 5.92. The summed E-state index contributed by atoms with van der Waals surface area (Å²) in [6, 6.07) is 0. The average Bonchev–Trinajstić information content (AvgIpc) is 2.33. The molecule has 94 valence electrons. The van der Waals surface area contributed by atoms with Gasteiger partial charge in [0.25, 0.3) is 0 Å². The van der Waals surface area contributed by atoms with Crippen LogP contribution in [0.3, 0.4) is 0 Å². The summed E-state index contributed by atoms with van der Waals surface area (Å²) in [4.78, 5) is -0.779. The molecule has 0 spiro atoms. The van der Waals surface area contributed by atoms with E-state index in [0.717, 1.165) is 0 Å². The van der Waals surface area contributed by atoms with Gasteiger partial charge in [0.1, 0.15) is 10.6 Å². The fraction of sp³-hybridized carbons (Fsp3) is 0.200. The Kier molecular flexibility index (Phi) is 4.83. The Morgan fingerprint density at radius 2 is 1.65 bits per heavy atom. The van der Waals surface area contributed by atoms with Gasteiger partial charge in [-0.25, -0.2) is 17.6 Å². The number of hydrogen-bond acceptors (Lipinski definition) is 3. The van der Waals surface area contributed by atoms with Crippen molar-refractivity contribution in [3.05, 3.63) is 35.9 Å². The van der Waals surface area contributed by atoms with E-state index in [-0.39, 0.29) is 0 Å². The normalized spacial score (nSPS) is 10.6. The van der Waals surface area contributed by atoms with Crippen molar-refractivity contribution >= 4 is 17.6 Å². The first-order valence-electron chi connectivity index (χ1n) is 4.62. The summed E-state index contributed by atoms with van der Waals surface area (Å²) < 4.78 is 55.2. The van der Waals surface area contributed by atoms with Crippen molar-refractivity contribution in [1.29, 1.82) is 0 Å². The summed E-state index contributed by atoms with van der Waals surface area (Å²) in [5.74, 6) is -6.18. The van der Waals surface area contributed by atoms with E-state index in [1.807, 2.05) is 0 Å². The molecule has 1 rings (SSSR count). The predicted octanol–water partition coefficient (Wildman–Crippen LogP) is 3.00. The van der Waals surface area contributed by atoms with Crippen LogP contribution < -0.4 is 10.5 Å². The van der Waals surface area contributed by atoms with Crippen LogP contribution in [0.1, 0.15) is 6.42 Å². The zero-order valence-corrected chi connectivity index (χ0v) is 9.51. The Hall–Kier alpha value is -1.21. The van der Waals surface area contributed by atoms with Gasteiger partial charge in [0, 0.05) is 6.54 Å². The highest BCUT2D eigenvalue weighted by Gasteiger charge is 2.23. The standard InChI is InChI=1S/C10H10F4N2S/c1-2-3-4-16-17-10-7(13)5(11)9(15)6(12)8(10)14/h2,16H,1,3-4,15H2. The van der Waals surface area contributed by atoms with Crippen LogP contribution in [0.25, 0.3) is 0 Å². The van der Waals surface area contributed by atoms with E-state index in [0.29, 0.717) is 24.9 Å². The summed E-state index contributed by atoms with van der Waals surface area (Å²) in [5, 5.41) is 0. The molecule has 0 aliphatic heterocycles. The van der Waals surface area contributed by atoms with E-state index in [9.17, 15) is 17.6 Å². The van der Waals surface area contributed by atoms with Crippen LogP contribution in [-0.4, -0.2) is 6.54 Å². The molecule has 7 heteroatoms. The van der Waals surface area contributed by atoms with Gasteiger partial charge >= 0.3 is 0 Å². The quantitative estimate of drug-likeness (QED) is 0.215. The van der Waals surface area contributed by atoms with Crippen molar-refractivity contribution in [1.82, 2.24) is 4.72 Å². The van der Waals surface area contributed by atoms with E-state index in [2.05, 4.69) is 11.3 Å². The summed E-state index contributed by atoms with van der Waals surface area (Å²) in [6.07, 6.45) is 2.14. The number of benzene rings is 1. The first kappa shape index (κ1) is 13.9. The Bertz CT molecular complexity index is 408. The fourth-order valence-electron chi connectivity index (χ4n) is 1.00. The molecule has 0 aromatic heterocycles. The highest BCUT2D eigenvalue weighted by atomic mass is 32.2. The van der Waals surface area contributed by atoms with E-state index in [1.165, 1.54) is 0 Å². The zero-order valence-electron chi connectivity index (χ0n) is 8.70. The lowest BCUT2D eigenvalue weighted by Crippen LogP contribution is -2.10. The van der Waals surface area contributed by atoms with Gasteiger partial charge in [0.15, 0.2) is 23.3 Å². The van der Waals surface area contributed by atoms with Crippen molar-refractivity contribution in [2.75, 3.05) is 12.3 Å². The molecule has 3 N–H and O–H groups in total. The van der Waals surface area contributed by atoms with Crippen molar-refractivity contribution in [2.45, 2.75) is 11.3 Å². The maximum Gasteiger partial charge on any atom is 0.186 e. The second-order valence-corrected chi connectivity index (χ2v) is 3.97. The van der Waals surface area contributed by atoms with Crippen LogP contribution in [0.4, 0.5) is 23.2 Å². The van der Waals surface area contributed by atoms with E-state index in [1.54, 1.807) is 6.08 Å². The Morgan fingerprint density at radius 1 is 1.12 bits per heavy atom. The first-order chi connectivity index (χ1) is 8.00. The minimum absolute atomic E-state index is 0.362. The lowest BCUT2D eigenvalue weighted by atomic mass is 10.2. The molecule has 0 bridgehead atoms. The molecule has 0 saturated carbocycles. The molecule has 2 nitrogen and oxygen atoms in total. The highest BCUT2D eigenvalue weighted by Crippen LogP contribution is 2.31. The monoisotopic (exact) mass is 266 g/mol. The van der Waals surface area contributed by atoms with Crippen molar-refractivity contribution in [3.8, 4) is 0 Å². The number of anilines is 1. The van der Waals surface area contributed by atoms with Crippen molar-refractivity contribution in [3.63, 3.8) is 0 Å². The number of rotatable bonds is 5. The first-order valence-corrected chi connectivity index (χ1v) is 5.44. The van der Waals surface area contributed by atoms with Crippen LogP contribution in [0.15, 0.2) is 17.6 Å². The summed E-state index contributed by atoms with van der Waals surface area (Å²) >= 11 is 0.467. The lowest BCUT2D eigenvalue weighted by Gasteiger charge is -2.09. The molecule has 0 saturated heterocycles. The zero-order chi connectivity index (χ0) is 13.0. The molecule has 1 aromatic carbocycles. The van der Waals surface area contributed by atoms with Gasteiger partial charge in [-0.05, 0) is 18.4 Å². The van der Waals surface area contributed by atoms with Crippen molar-refractivity contribution < 1.29 is 17.6 Å². The molecule has 0 unspecified atom stereocenters. The summed E-state index contributed by atoms with van der Waals surface area (Å²) in [7, 11) is 0. The number of nitrogen functional groups attached to an aromatic ring is 1. The van der Waals surface area contributed by atoms with Gasteiger partial charge in [-0.15, -0.1) is 6.58 Å². The number of nitrogens with two attached hydrogens (primary N) is 1. The Morgan fingerprint density at radius 3 is 2.12 bits per heavy atom. The Labute approximate surface area is 100 Å². The molecule has 17 heavy (non-hydrogen) atoms. The van der Waals surface area contributed by atoms with Crippen LogP contribution in [0, 0.1) is 23.3 Å². The topological polar surface area (TPSA) is 38.0 Å². The average molecular weight is 266 g/mol. The van der Waals surface area contributed by atoms with E-state index in [4.69, 9.17) is 5.73 Å². The lowest BCUT2D eigenvalue weighted by molar-refractivity contribution is 0.431. The van der Waals surface area contributed by atoms with Gasteiger partial charge in [-0.3, -0.25) is 4.72 Å². The summed E-state index contributed by atoms with van der Waals surface area (Å²) in [6.45, 7) is 3.81. The smallest absolute Gasteiger partial charge is 0.186 e. The molecule has 0 fully saturated rings. The van der Waals surface area contributed by atoms with Crippen LogP contribution in [0.5, 0.6) is 0 Å². The SMILES string of the molecule is C=CCCNSc1c(F)c(F)c(N)c(F)c1F. The van der Waals surface area contributed by atoms with Gasteiger partial charge in [0.2, 0.25) is 0 Å². The number of nitrogens with one attached hydrogen (secondary N) is 1. The molecule has 0 aliphatic carbocycles. The third-order valence-electron chi connectivity index (χ3n) is 1.88.